The van der Waals surface area contributed by atoms with Crippen molar-refractivity contribution in [1.29, 1.82) is 0 Å². The van der Waals surface area contributed by atoms with Crippen LogP contribution in [0.15, 0.2) is 59.8 Å². The molecule has 1 aromatic heterocycles. The molecule has 0 radical (unpaired) electrons. The molecule has 3 N–H and O–H groups in total. The van der Waals surface area contributed by atoms with Gasteiger partial charge in [0.1, 0.15) is 23.7 Å². The quantitative estimate of drug-likeness (QED) is 0.0910. The standard InChI is InChI=1S/C48H76N6O9S2/c1-14-31(6)42(37(61-12)27-39(55)54-26-20-23-36(54)44(62-13)33(8)45(57)50-34(9)43(56)35-21-16-15-17-22-35)52(10)47(59)40(29(2)3)51-46(58)41(30(4)5)53(11)48(60)63-28-32(7)64-65-38-24-18-19-25-49-38/h15-19,21-22,24-25,29-34,36-37,40-44,56H,14,20,23,26-28H2,1-13H3,(H,50,57)(H,51,58)/t31-,32-,33+,34+,36-,37+,40-,41-,42-,43+,44+/m0/s1. The van der Waals surface area contributed by atoms with Crippen LogP contribution in [0.2, 0.25) is 0 Å². The fraction of sp³-hybridized carbons (Fsp3) is 0.667. The van der Waals surface area contributed by atoms with Crippen LogP contribution >= 0.6 is 21.6 Å². The zero-order valence-electron chi connectivity index (χ0n) is 40.8. The van der Waals surface area contributed by atoms with E-state index in [1.807, 2.05) is 97.0 Å². The summed E-state index contributed by atoms with van der Waals surface area (Å²) in [6.07, 6.45) is 0.862. The Morgan fingerprint density at radius 1 is 0.877 bits per heavy atom. The molecule has 5 amide bonds. The average Bonchev–Trinajstić information content (AvgIpc) is 3.78. The van der Waals surface area contributed by atoms with Crippen LogP contribution in [-0.4, -0.2) is 144 Å². The molecular weight excluding hydrogens is 869 g/mol. The first-order valence-electron chi connectivity index (χ1n) is 22.9. The molecule has 364 valence electrons. The maximum Gasteiger partial charge on any atom is 0.410 e. The zero-order chi connectivity index (χ0) is 48.5. The molecule has 0 aliphatic carbocycles. The number of amides is 5. The van der Waals surface area contributed by atoms with Gasteiger partial charge in [-0.1, -0.05) is 102 Å². The molecule has 11 atom stereocenters. The van der Waals surface area contributed by atoms with Crippen molar-refractivity contribution >= 4 is 51.3 Å². The Balaban J connectivity index is 1.72. The van der Waals surface area contributed by atoms with Crippen molar-refractivity contribution in [2.75, 3.05) is 41.5 Å². The molecule has 1 aliphatic heterocycles. The topological polar surface area (TPSA) is 180 Å². The SMILES string of the molecule is CC[C@H](C)[C@@H]([C@@H](CC(=O)N1CCC[C@H]1[C@H](OC)[C@@H](C)C(=O)N[C@H](C)[C@@H](O)c1ccccc1)OC)N(C)C(=O)[C@@H](NC(=O)[C@H](C(C)C)N(C)C(=O)OC[C@H](C)SSc1ccccn1)C(C)C. The molecule has 1 saturated heterocycles. The third kappa shape index (κ3) is 15.6. The molecule has 1 aliphatic rings. The van der Waals surface area contributed by atoms with Gasteiger partial charge in [-0.05, 0) is 72.9 Å². The summed E-state index contributed by atoms with van der Waals surface area (Å²) in [6.45, 7) is 17.5. The van der Waals surface area contributed by atoms with E-state index >= 15 is 0 Å². The minimum Gasteiger partial charge on any atom is -0.448 e. The van der Waals surface area contributed by atoms with Crippen LogP contribution < -0.4 is 10.6 Å². The van der Waals surface area contributed by atoms with Crippen LogP contribution in [0.5, 0.6) is 0 Å². The molecule has 0 saturated carbocycles. The molecule has 2 aromatic rings. The number of aliphatic hydroxyl groups is 1. The highest BCUT2D eigenvalue weighted by Crippen LogP contribution is 2.33. The number of carbonyl (C=O) groups excluding carboxylic acids is 5. The number of ether oxygens (including phenoxy) is 3. The monoisotopic (exact) mass is 945 g/mol. The van der Waals surface area contributed by atoms with E-state index in [9.17, 15) is 29.1 Å². The van der Waals surface area contributed by atoms with E-state index in [1.54, 1.807) is 44.0 Å². The number of likely N-dealkylation sites (tertiary alicyclic amines) is 1. The first-order chi connectivity index (χ1) is 30.8. The van der Waals surface area contributed by atoms with E-state index < -0.39 is 60.4 Å². The number of hydrogen-bond donors (Lipinski definition) is 3. The molecule has 15 nitrogen and oxygen atoms in total. The Morgan fingerprint density at radius 2 is 1.54 bits per heavy atom. The van der Waals surface area contributed by atoms with Crippen LogP contribution in [0.3, 0.4) is 0 Å². The molecule has 17 heteroatoms. The molecule has 0 bridgehead atoms. The smallest absolute Gasteiger partial charge is 0.410 e. The van der Waals surface area contributed by atoms with Crippen molar-refractivity contribution in [3.8, 4) is 0 Å². The third-order valence-electron chi connectivity index (χ3n) is 12.5. The van der Waals surface area contributed by atoms with E-state index in [0.29, 0.717) is 24.9 Å². The van der Waals surface area contributed by atoms with Crippen molar-refractivity contribution in [2.45, 2.75) is 147 Å². The highest BCUT2D eigenvalue weighted by atomic mass is 33.1. The zero-order valence-corrected chi connectivity index (χ0v) is 42.4. The van der Waals surface area contributed by atoms with Crippen molar-refractivity contribution in [3.05, 3.63) is 60.3 Å². The lowest BCUT2D eigenvalue weighted by atomic mass is 9.89. The molecular formula is C48H76N6O9S2. The summed E-state index contributed by atoms with van der Waals surface area (Å²) in [5, 5.41) is 17.6. The largest absolute Gasteiger partial charge is 0.448 e. The maximum atomic E-state index is 14.6. The van der Waals surface area contributed by atoms with Gasteiger partial charge in [0.05, 0.1) is 48.8 Å². The third-order valence-corrected chi connectivity index (χ3v) is 15.2. The normalized spacial score (nSPS) is 18.6. The molecule has 65 heavy (non-hydrogen) atoms. The summed E-state index contributed by atoms with van der Waals surface area (Å²) >= 11 is 0. The van der Waals surface area contributed by atoms with Crippen molar-refractivity contribution in [2.24, 2.45) is 23.7 Å². The Morgan fingerprint density at radius 3 is 2.11 bits per heavy atom. The summed E-state index contributed by atoms with van der Waals surface area (Å²) in [7, 11) is 9.30. The molecule has 0 spiro atoms. The average molecular weight is 945 g/mol. The van der Waals surface area contributed by atoms with Gasteiger partial charge in [-0.15, -0.1) is 0 Å². The number of hydrogen-bond acceptors (Lipinski definition) is 12. The first-order valence-corrected chi connectivity index (χ1v) is 25.1. The lowest BCUT2D eigenvalue weighted by Crippen LogP contribution is -2.60. The number of pyridine rings is 1. The summed E-state index contributed by atoms with van der Waals surface area (Å²) in [5.74, 6) is -2.68. The van der Waals surface area contributed by atoms with E-state index in [-0.39, 0.29) is 59.8 Å². The molecule has 0 unspecified atom stereocenters. The number of carbonyl (C=O) groups is 5. The first kappa shape index (κ1) is 55.4. The number of likely N-dealkylation sites (N-methyl/N-ethyl adjacent to an activating group) is 2. The summed E-state index contributed by atoms with van der Waals surface area (Å²) in [6, 6.07) is 11.4. The summed E-state index contributed by atoms with van der Waals surface area (Å²) in [4.78, 5) is 78.8. The molecule has 1 aromatic carbocycles. The molecule has 3 rings (SSSR count). The van der Waals surface area contributed by atoms with Gasteiger partial charge in [-0.2, -0.15) is 0 Å². The van der Waals surface area contributed by atoms with E-state index in [2.05, 4.69) is 15.6 Å². The highest BCUT2D eigenvalue weighted by molar-refractivity contribution is 8.76. The fourth-order valence-corrected chi connectivity index (χ4v) is 10.4. The number of benzene rings is 1. The predicted molar refractivity (Wildman–Crippen MR) is 257 cm³/mol. The van der Waals surface area contributed by atoms with Gasteiger partial charge in [0.25, 0.3) is 0 Å². The second-order valence-electron chi connectivity index (χ2n) is 18.0. The molecule has 1 fully saturated rings. The Bertz CT molecular complexity index is 1800. The maximum absolute atomic E-state index is 14.6. The minimum absolute atomic E-state index is 0.0308. The Kier molecular flexibility index (Phi) is 23.1. The van der Waals surface area contributed by atoms with Crippen molar-refractivity contribution in [3.63, 3.8) is 0 Å². The van der Waals surface area contributed by atoms with Gasteiger partial charge in [-0.25, -0.2) is 9.78 Å². The second-order valence-corrected chi connectivity index (χ2v) is 20.7. The van der Waals surface area contributed by atoms with Crippen LogP contribution in [0.4, 0.5) is 4.79 Å². The fourth-order valence-electron chi connectivity index (χ4n) is 8.54. The van der Waals surface area contributed by atoms with Crippen LogP contribution in [0.1, 0.15) is 99.7 Å². The Hall–Kier alpha value is -3.90. The van der Waals surface area contributed by atoms with Gasteiger partial charge in [-0.3, -0.25) is 24.1 Å². The number of aliphatic hydroxyl groups excluding tert-OH is 1. The van der Waals surface area contributed by atoms with Gasteiger partial charge in [0.2, 0.25) is 23.6 Å². The number of methoxy groups -OCH3 is 2. The van der Waals surface area contributed by atoms with Crippen LogP contribution in [-0.2, 0) is 33.4 Å². The second kappa shape index (κ2) is 27.0. The number of nitrogens with one attached hydrogen (secondary N) is 2. The summed E-state index contributed by atoms with van der Waals surface area (Å²) < 4.78 is 17.6. The van der Waals surface area contributed by atoms with E-state index in [1.165, 1.54) is 40.6 Å². The van der Waals surface area contributed by atoms with Gasteiger partial charge < -0.3 is 39.8 Å². The number of nitrogens with zero attached hydrogens (tertiary/aromatic N) is 4. The van der Waals surface area contributed by atoms with E-state index in [0.717, 1.165) is 11.4 Å². The summed E-state index contributed by atoms with van der Waals surface area (Å²) in [5.41, 5.74) is 0.694. The molecule has 2 heterocycles. The van der Waals surface area contributed by atoms with Gasteiger partial charge >= 0.3 is 6.09 Å². The Labute approximate surface area is 395 Å². The highest BCUT2D eigenvalue weighted by Gasteiger charge is 2.43. The predicted octanol–water partition coefficient (Wildman–Crippen LogP) is 6.60. The van der Waals surface area contributed by atoms with E-state index in [4.69, 9.17) is 14.2 Å². The van der Waals surface area contributed by atoms with Crippen LogP contribution in [0, 0.1) is 23.7 Å². The van der Waals surface area contributed by atoms with Gasteiger partial charge in [0.15, 0.2) is 0 Å². The van der Waals surface area contributed by atoms with Gasteiger partial charge in [0, 0.05) is 46.3 Å². The lowest BCUT2D eigenvalue weighted by molar-refractivity contribution is -0.148. The van der Waals surface area contributed by atoms with Crippen molar-refractivity contribution < 1.29 is 43.3 Å². The number of aromatic nitrogens is 1. The van der Waals surface area contributed by atoms with Crippen molar-refractivity contribution in [1.82, 2.24) is 30.3 Å². The number of rotatable bonds is 25. The lowest BCUT2D eigenvalue weighted by Gasteiger charge is -2.41. The van der Waals surface area contributed by atoms with Crippen LogP contribution in [0.25, 0.3) is 0 Å². The minimum atomic E-state index is -0.951.